The molecule has 2 rings (SSSR count). The highest BCUT2D eigenvalue weighted by Crippen LogP contribution is 2.24. The van der Waals surface area contributed by atoms with Gasteiger partial charge in [-0.05, 0) is 42.3 Å². The van der Waals surface area contributed by atoms with Crippen molar-refractivity contribution in [3.05, 3.63) is 59.2 Å². The van der Waals surface area contributed by atoms with Gasteiger partial charge in [-0.1, -0.05) is 18.2 Å². The number of anilines is 1. The molecule has 0 aromatic heterocycles. The molecule has 0 aliphatic rings. The zero-order chi connectivity index (χ0) is 18.6. The number of carbonyl (C=O) groups is 1. The Bertz CT molecular complexity index is 861. The molecule has 134 valence electrons. The summed E-state index contributed by atoms with van der Waals surface area (Å²) >= 11 is 0. The molecule has 2 aromatic rings. The molecule has 0 heterocycles. The summed E-state index contributed by atoms with van der Waals surface area (Å²) in [4.78, 5) is 12.5. The Morgan fingerprint density at radius 2 is 1.80 bits per heavy atom. The molecule has 0 unspecified atom stereocenters. The molecule has 0 atom stereocenters. The van der Waals surface area contributed by atoms with E-state index in [9.17, 15) is 13.2 Å². The second-order valence-electron chi connectivity index (χ2n) is 5.71. The van der Waals surface area contributed by atoms with Crippen molar-refractivity contribution in [2.45, 2.75) is 13.5 Å². The Morgan fingerprint density at radius 3 is 2.36 bits per heavy atom. The third kappa shape index (κ3) is 4.51. The van der Waals surface area contributed by atoms with Crippen LogP contribution in [0.5, 0.6) is 5.75 Å². The molecule has 0 aliphatic heterocycles. The minimum Gasteiger partial charge on any atom is -0.497 e. The molecule has 0 radical (unpaired) electrons. The van der Waals surface area contributed by atoms with Gasteiger partial charge in [0.25, 0.3) is 5.91 Å². The Kier molecular flexibility index (Phi) is 5.69. The lowest BCUT2D eigenvalue weighted by atomic mass is 10.1. The van der Waals surface area contributed by atoms with E-state index in [0.29, 0.717) is 23.4 Å². The van der Waals surface area contributed by atoms with Gasteiger partial charge in [-0.3, -0.25) is 9.10 Å². The van der Waals surface area contributed by atoms with Gasteiger partial charge in [-0.25, -0.2) is 8.42 Å². The maximum absolute atomic E-state index is 12.5. The van der Waals surface area contributed by atoms with Gasteiger partial charge in [0.05, 0.1) is 19.1 Å². The van der Waals surface area contributed by atoms with E-state index in [4.69, 9.17) is 4.74 Å². The fourth-order valence-corrected chi connectivity index (χ4v) is 2.97. The Hall–Kier alpha value is -2.54. The quantitative estimate of drug-likeness (QED) is 0.856. The van der Waals surface area contributed by atoms with Crippen LogP contribution in [0.25, 0.3) is 0 Å². The summed E-state index contributed by atoms with van der Waals surface area (Å²) in [5.41, 5.74) is 2.49. The summed E-state index contributed by atoms with van der Waals surface area (Å²) < 4.78 is 29.8. The highest BCUT2D eigenvalue weighted by Gasteiger charge is 2.18. The third-order valence-electron chi connectivity index (χ3n) is 4.00. The van der Waals surface area contributed by atoms with E-state index in [1.807, 2.05) is 24.3 Å². The van der Waals surface area contributed by atoms with E-state index < -0.39 is 10.0 Å². The number of hydrogen-bond donors (Lipinski definition) is 1. The van der Waals surface area contributed by atoms with Crippen molar-refractivity contribution in [2.24, 2.45) is 0 Å². The van der Waals surface area contributed by atoms with E-state index in [2.05, 4.69) is 5.32 Å². The van der Waals surface area contributed by atoms with Crippen LogP contribution in [0.15, 0.2) is 42.5 Å². The standard InChI is InChI=1S/C18H22N2O4S/c1-13-16(6-5-7-17(13)20(2)25(4,22)23)18(21)19-12-14-8-10-15(24-3)11-9-14/h5-11H,12H2,1-4H3,(H,19,21). The second-order valence-corrected chi connectivity index (χ2v) is 7.72. The van der Waals surface area contributed by atoms with Crippen molar-refractivity contribution in [3.63, 3.8) is 0 Å². The Balaban J connectivity index is 2.16. The van der Waals surface area contributed by atoms with Crippen molar-refractivity contribution < 1.29 is 17.9 Å². The molecule has 1 N–H and O–H groups in total. The van der Waals surface area contributed by atoms with Crippen LogP contribution in [0.3, 0.4) is 0 Å². The van der Waals surface area contributed by atoms with Gasteiger partial charge in [-0.15, -0.1) is 0 Å². The molecule has 25 heavy (non-hydrogen) atoms. The summed E-state index contributed by atoms with van der Waals surface area (Å²) in [5, 5.41) is 2.85. The number of nitrogens with zero attached hydrogens (tertiary/aromatic N) is 1. The normalized spacial score (nSPS) is 11.0. The number of sulfonamides is 1. The van der Waals surface area contributed by atoms with Crippen molar-refractivity contribution in [1.82, 2.24) is 5.32 Å². The van der Waals surface area contributed by atoms with E-state index in [1.165, 1.54) is 11.4 Å². The first-order valence-corrected chi connectivity index (χ1v) is 9.53. The van der Waals surface area contributed by atoms with Crippen LogP contribution in [0.2, 0.25) is 0 Å². The number of benzene rings is 2. The lowest BCUT2D eigenvalue weighted by Gasteiger charge is -2.20. The predicted octanol–water partition coefficient (Wildman–Crippen LogP) is 2.33. The second kappa shape index (κ2) is 7.57. The first-order chi connectivity index (χ1) is 11.7. The van der Waals surface area contributed by atoms with Crippen LogP contribution in [0, 0.1) is 6.92 Å². The lowest BCUT2D eigenvalue weighted by molar-refractivity contribution is 0.0950. The zero-order valence-corrected chi connectivity index (χ0v) is 15.6. The fourth-order valence-electron chi connectivity index (χ4n) is 2.41. The number of ether oxygens (including phenoxy) is 1. The van der Waals surface area contributed by atoms with E-state index >= 15 is 0 Å². The summed E-state index contributed by atoms with van der Waals surface area (Å²) in [6.45, 7) is 2.10. The molecule has 0 aliphatic carbocycles. The molecule has 0 bridgehead atoms. The van der Waals surface area contributed by atoms with Crippen LogP contribution in [0.4, 0.5) is 5.69 Å². The fraction of sp³-hybridized carbons (Fsp3) is 0.278. The van der Waals surface area contributed by atoms with Gasteiger partial charge in [0.15, 0.2) is 0 Å². The molecule has 0 fully saturated rings. The SMILES string of the molecule is COc1ccc(CNC(=O)c2cccc(N(C)S(C)(=O)=O)c2C)cc1. The van der Waals surface area contributed by atoms with Crippen molar-refractivity contribution in [1.29, 1.82) is 0 Å². The minimum absolute atomic E-state index is 0.253. The van der Waals surface area contributed by atoms with Crippen molar-refractivity contribution in [3.8, 4) is 5.75 Å². The molecule has 2 aromatic carbocycles. The number of nitrogens with one attached hydrogen (secondary N) is 1. The molecular weight excluding hydrogens is 340 g/mol. The topological polar surface area (TPSA) is 75.7 Å². The number of rotatable bonds is 6. The maximum atomic E-state index is 12.5. The van der Waals surface area contributed by atoms with Crippen LogP contribution < -0.4 is 14.4 Å². The molecule has 6 nitrogen and oxygen atoms in total. The first kappa shape index (κ1) is 18.8. The van der Waals surface area contributed by atoms with Crippen LogP contribution in [0.1, 0.15) is 21.5 Å². The van der Waals surface area contributed by atoms with Gasteiger partial charge >= 0.3 is 0 Å². The number of amides is 1. The average Bonchev–Trinajstić information content (AvgIpc) is 2.59. The van der Waals surface area contributed by atoms with Gasteiger partial charge < -0.3 is 10.1 Å². The van der Waals surface area contributed by atoms with Crippen molar-refractivity contribution in [2.75, 3.05) is 24.7 Å². The number of carbonyl (C=O) groups excluding carboxylic acids is 1. The molecule has 0 spiro atoms. The number of hydrogen-bond acceptors (Lipinski definition) is 4. The summed E-state index contributed by atoms with van der Waals surface area (Å²) in [6.07, 6.45) is 1.13. The molecule has 1 amide bonds. The minimum atomic E-state index is -3.39. The van der Waals surface area contributed by atoms with E-state index in [1.54, 1.807) is 32.2 Å². The van der Waals surface area contributed by atoms with Gasteiger partial charge in [0.1, 0.15) is 5.75 Å². The van der Waals surface area contributed by atoms with E-state index in [-0.39, 0.29) is 5.91 Å². The van der Waals surface area contributed by atoms with Gasteiger partial charge in [0.2, 0.25) is 10.0 Å². The smallest absolute Gasteiger partial charge is 0.251 e. The van der Waals surface area contributed by atoms with Crippen LogP contribution in [-0.4, -0.2) is 34.7 Å². The Labute approximate surface area is 148 Å². The first-order valence-electron chi connectivity index (χ1n) is 7.68. The van der Waals surface area contributed by atoms with Gasteiger partial charge in [0, 0.05) is 19.2 Å². The van der Waals surface area contributed by atoms with Crippen molar-refractivity contribution >= 4 is 21.6 Å². The van der Waals surface area contributed by atoms with Crippen LogP contribution in [-0.2, 0) is 16.6 Å². The highest BCUT2D eigenvalue weighted by molar-refractivity contribution is 7.92. The molecular formula is C18H22N2O4S. The maximum Gasteiger partial charge on any atom is 0.251 e. The van der Waals surface area contributed by atoms with Gasteiger partial charge in [-0.2, -0.15) is 0 Å². The summed E-state index contributed by atoms with van der Waals surface area (Å²) in [7, 11) is -0.327. The summed E-state index contributed by atoms with van der Waals surface area (Å²) in [6, 6.07) is 12.4. The monoisotopic (exact) mass is 362 g/mol. The average molecular weight is 362 g/mol. The lowest BCUT2D eigenvalue weighted by Crippen LogP contribution is -2.28. The summed E-state index contributed by atoms with van der Waals surface area (Å²) in [5.74, 6) is 0.500. The van der Waals surface area contributed by atoms with E-state index in [0.717, 1.165) is 17.6 Å². The molecule has 7 heteroatoms. The zero-order valence-electron chi connectivity index (χ0n) is 14.7. The number of methoxy groups -OCH3 is 1. The predicted molar refractivity (Wildman–Crippen MR) is 98.6 cm³/mol. The largest absolute Gasteiger partial charge is 0.497 e. The third-order valence-corrected chi connectivity index (χ3v) is 5.19. The molecule has 0 saturated carbocycles. The molecule has 0 saturated heterocycles. The highest BCUT2D eigenvalue weighted by atomic mass is 32.2. The Morgan fingerprint density at radius 1 is 1.16 bits per heavy atom. The van der Waals surface area contributed by atoms with Crippen LogP contribution >= 0.6 is 0 Å².